The van der Waals surface area contributed by atoms with Gasteiger partial charge in [-0.05, 0) is 18.2 Å². The summed E-state index contributed by atoms with van der Waals surface area (Å²) < 4.78 is 62.0. The van der Waals surface area contributed by atoms with E-state index in [4.69, 9.17) is 0 Å². The fraction of sp³-hybridized carbons (Fsp3) is 0.455. The molecule has 0 radical (unpaired) electrons. The van der Waals surface area contributed by atoms with E-state index in [9.17, 15) is 31.4 Å². The molecular weight excluding hydrogens is 325 g/mol. The molecule has 1 aliphatic rings. The van der Waals surface area contributed by atoms with Crippen LogP contribution >= 0.6 is 0 Å². The van der Waals surface area contributed by atoms with Gasteiger partial charge in [0.1, 0.15) is 10.7 Å². The van der Waals surface area contributed by atoms with E-state index in [1.807, 2.05) is 0 Å². The van der Waals surface area contributed by atoms with E-state index in [-0.39, 0.29) is 18.0 Å². The first-order chi connectivity index (χ1) is 9.53. The summed E-state index contributed by atoms with van der Waals surface area (Å²) in [5.41, 5.74) is 0. The number of hydrogen-bond acceptors (Lipinski definition) is 6. The largest absolute Gasteiger partial charge is 0.389 e. The lowest BCUT2D eigenvalue weighted by Crippen LogP contribution is -2.30. The molecule has 2 atom stereocenters. The molecule has 118 valence electrons. The minimum Gasteiger partial charge on any atom is -0.389 e. The average molecular weight is 339 g/mol. The lowest BCUT2D eigenvalue weighted by Gasteiger charge is -2.16. The van der Waals surface area contributed by atoms with E-state index in [1.165, 1.54) is 0 Å². The zero-order valence-electron chi connectivity index (χ0n) is 11.0. The van der Waals surface area contributed by atoms with Crippen LogP contribution in [0.1, 0.15) is 0 Å². The summed E-state index contributed by atoms with van der Waals surface area (Å²) in [5, 5.41) is 18.8. The lowest BCUT2D eigenvalue weighted by atomic mass is 10.3. The first-order valence-corrected chi connectivity index (χ1v) is 9.22. The Kier molecular flexibility index (Phi) is 4.10. The van der Waals surface area contributed by atoms with Gasteiger partial charge in [0.05, 0.1) is 17.1 Å². The topological polar surface area (TPSA) is 112 Å². The number of β-amino-alcohol motifs (C(OH)–C–C–N with tert-alkyl or cyclic N) is 2. The number of nitrogens with zero attached hydrogens (tertiary/aromatic N) is 1. The molecule has 0 bridgehead atoms. The van der Waals surface area contributed by atoms with Gasteiger partial charge in [0.25, 0.3) is 0 Å². The Morgan fingerprint density at radius 1 is 1.14 bits per heavy atom. The summed E-state index contributed by atoms with van der Waals surface area (Å²) in [6.45, 7) is -0.766. The Morgan fingerprint density at radius 3 is 2.14 bits per heavy atom. The second kappa shape index (κ2) is 5.29. The van der Waals surface area contributed by atoms with E-state index in [1.54, 1.807) is 0 Å². The predicted molar refractivity (Wildman–Crippen MR) is 70.3 cm³/mol. The Labute approximate surface area is 121 Å². The van der Waals surface area contributed by atoms with E-state index < -0.39 is 42.8 Å². The molecule has 0 saturated carbocycles. The summed E-state index contributed by atoms with van der Waals surface area (Å²) in [4.78, 5) is -1.13. The van der Waals surface area contributed by atoms with Crippen molar-refractivity contribution in [3.05, 3.63) is 24.0 Å². The first-order valence-electron chi connectivity index (χ1n) is 5.89. The van der Waals surface area contributed by atoms with Gasteiger partial charge in [-0.15, -0.1) is 0 Å². The summed E-state index contributed by atoms with van der Waals surface area (Å²) in [6, 6.07) is 2.46. The normalized spacial score (nSPS) is 24.4. The molecule has 1 fully saturated rings. The third-order valence-corrected chi connectivity index (χ3v) is 6.13. The average Bonchev–Trinajstić information content (AvgIpc) is 2.69. The molecule has 0 spiro atoms. The van der Waals surface area contributed by atoms with E-state index in [0.717, 1.165) is 24.5 Å². The zero-order chi connectivity index (χ0) is 16.0. The smallest absolute Gasteiger partial charge is 0.246 e. The number of rotatable bonds is 3. The quantitative estimate of drug-likeness (QED) is 0.680. The number of hydrogen-bond donors (Lipinski definition) is 2. The Morgan fingerprint density at radius 2 is 1.67 bits per heavy atom. The van der Waals surface area contributed by atoms with Crippen LogP contribution in [0.4, 0.5) is 4.39 Å². The van der Waals surface area contributed by atoms with Crippen LogP contribution in [0.25, 0.3) is 0 Å². The van der Waals surface area contributed by atoms with Crippen LogP contribution in [0.2, 0.25) is 0 Å². The van der Waals surface area contributed by atoms with E-state index >= 15 is 0 Å². The van der Waals surface area contributed by atoms with Crippen molar-refractivity contribution in [2.24, 2.45) is 0 Å². The van der Waals surface area contributed by atoms with E-state index in [2.05, 4.69) is 0 Å². The molecule has 1 aromatic rings. The highest BCUT2D eigenvalue weighted by Gasteiger charge is 2.39. The molecule has 1 saturated heterocycles. The number of benzene rings is 1. The van der Waals surface area contributed by atoms with Gasteiger partial charge < -0.3 is 10.2 Å². The highest BCUT2D eigenvalue weighted by molar-refractivity contribution is 7.91. The van der Waals surface area contributed by atoms with Gasteiger partial charge in [-0.1, -0.05) is 0 Å². The van der Waals surface area contributed by atoms with Gasteiger partial charge in [0.2, 0.25) is 10.0 Å². The van der Waals surface area contributed by atoms with Gasteiger partial charge in [0, 0.05) is 19.3 Å². The molecular formula is C11H14FNO6S2. The van der Waals surface area contributed by atoms with Crippen LogP contribution in [0.5, 0.6) is 0 Å². The van der Waals surface area contributed by atoms with Crippen LogP contribution in [0, 0.1) is 5.82 Å². The van der Waals surface area contributed by atoms with Crippen LogP contribution in [-0.4, -0.2) is 62.9 Å². The molecule has 0 aromatic heterocycles. The van der Waals surface area contributed by atoms with Crippen molar-refractivity contribution in [1.29, 1.82) is 0 Å². The third kappa shape index (κ3) is 3.09. The maximum absolute atomic E-state index is 13.8. The number of sulfonamides is 1. The first kappa shape index (κ1) is 16.3. The van der Waals surface area contributed by atoms with Crippen molar-refractivity contribution in [3.63, 3.8) is 0 Å². The molecule has 1 aromatic carbocycles. The van der Waals surface area contributed by atoms with Crippen molar-refractivity contribution in [2.75, 3.05) is 19.3 Å². The Hall–Kier alpha value is -1.07. The number of aliphatic hydroxyl groups excluding tert-OH is 2. The van der Waals surface area contributed by atoms with Gasteiger partial charge in [-0.2, -0.15) is 4.31 Å². The second-order valence-electron chi connectivity index (χ2n) is 4.82. The summed E-state index contributed by atoms with van der Waals surface area (Å²) in [6.07, 6.45) is -1.65. The summed E-state index contributed by atoms with van der Waals surface area (Å²) >= 11 is 0. The van der Waals surface area contributed by atoms with Crippen LogP contribution in [0.15, 0.2) is 28.0 Å². The molecule has 21 heavy (non-hydrogen) atoms. The van der Waals surface area contributed by atoms with Crippen molar-refractivity contribution < 1.29 is 31.4 Å². The molecule has 0 aliphatic carbocycles. The molecule has 2 rings (SSSR count). The molecule has 2 N–H and O–H groups in total. The maximum atomic E-state index is 13.8. The number of halogens is 1. The maximum Gasteiger partial charge on any atom is 0.246 e. The highest BCUT2D eigenvalue weighted by Crippen LogP contribution is 2.25. The monoisotopic (exact) mass is 339 g/mol. The van der Waals surface area contributed by atoms with Crippen molar-refractivity contribution in [3.8, 4) is 0 Å². The fourth-order valence-corrected chi connectivity index (χ4v) is 4.27. The Balaban J connectivity index is 2.50. The van der Waals surface area contributed by atoms with Crippen LogP contribution in [-0.2, 0) is 19.9 Å². The SMILES string of the molecule is CS(=O)(=O)c1ccc(F)c(S(=O)(=O)N2C[C@@H](O)[C@@H](O)C2)c1. The van der Waals surface area contributed by atoms with E-state index in [0.29, 0.717) is 4.31 Å². The molecule has 1 heterocycles. The van der Waals surface area contributed by atoms with Crippen LogP contribution < -0.4 is 0 Å². The standard InChI is InChI=1S/C11H14FNO6S2/c1-20(16,17)7-2-3-8(12)11(4-7)21(18,19)13-5-9(14)10(15)6-13/h2-4,9-10,14-15H,5-6H2,1H3/t9-,10+. The van der Waals surface area contributed by atoms with Crippen molar-refractivity contribution >= 4 is 19.9 Å². The summed E-state index contributed by atoms with van der Waals surface area (Å²) in [5.74, 6) is -1.10. The fourth-order valence-electron chi connectivity index (χ4n) is 1.98. The predicted octanol–water partition coefficient (Wildman–Crippen LogP) is -1.04. The second-order valence-corrected chi connectivity index (χ2v) is 8.74. The third-order valence-electron chi connectivity index (χ3n) is 3.17. The molecule has 10 heteroatoms. The Bertz CT molecular complexity index is 751. The van der Waals surface area contributed by atoms with Gasteiger partial charge in [-0.25, -0.2) is 21.2 Å². The number of sulfone groups is 1. The molecule has 0 amide bonds. The van der Waals surface area contributed by atoms with Gasteiger partial charge in [-0.3, -0.25) is 0 Å². The minimum atomic E-state index is -4.34. The summed E-state index contributed by atoms with van der Waals surface area (Å²) in [7, 11) is -8.04. The zero-order valence-corrected chi connectivity index (χ0v) is 12.6. The number of aliphatic hydroxyl groups is 2. The van der Waals surface area contributed by atoms with Gasteiger partial charge >= 0.3 is 0 Å². The van der Waals surface area contributed by atoms with Crippen molar-refractivity contribution in [2.45, 2.75) is 22.0 Å². The lowest BCUT2D eigenvalue weighted by molar-refractivity contribution is 0.0572. The van der Waals surface area contributed by atoms with Crippen molar-refractivity contribution in [1.82, 2.24) is 4.31 Å². The van der Waals surface area contributed by atoms with Gasteiger partial charge in [0.15, 0.2) is 9.84 Å². The molecule has 0 unspecified atom stereocenters. The highest BCUT2D eigenvalue weighted by atomic mass is 32.2. The molecule has 1 aliphatic heterocycles. The molecule has 7 nitrogen and oxygen atoms in total. The minimum absolute atomic E-state index is 0.331. The van der Waals surface area contributed by atoms with Crippen LogP contribution in [0.3, 0.4) is 0 Å².